The van der Waals surface area contributed by atoms with Gasteiger partial charge in [0.2, 0.25) is 0 Å². The topological polar surface area (TPSA) is 63.8 Å². The number of hydrogen-bond donors (Lipinski definition) is 2. The lowest BCUT2D eigenvalue weighted by Gasteiger charge is -2.11. The quantitative estimate of drug-likeness (QED) is 0.836. The van der Waals surface area contributed by atoms with Crippen LogP contribution in [0.2, 0.25) is 0 Å². The maximum absolute atomic E-state index is 5.95. The molecule has 2 atom stereocenters. The molecule has 0 radical (unpaired) electrons. The van der Waals surface area contributed by atoms with E-state index < -0.39 is 0 Å². The van der Waals surface area contributed by atoms with E-state index in [0.29, 0.717) is 11.7 Å². The smallest absolute Gasteiger partial charge is 0.136 e. The molecule has 17 heavy (non-hydrogen) atoms. The van der Waals surface area contributed by atoms with Crippen molar-refractivity contribution >= 4 is 11.6 Å². The summed E-state index contributed by atoms with van der Waals surface area (Å²) in [5.74, 6) is 4.74. The van der Waals surface area contributed by atoms with Gasteiger partial charge in [-0.25, -0.2) is 9.97 Å². The Hall–Kier alpha value is -1.32. The molecule has 2 saturated carbocycles. The van der Waals surface area contributed by atoms with Crippen molar-refractivity contribution in [3.05, 3.63) is 11.4 Å². The van der Waals surface area contributed by atoms with Crippen molar-refractivity contribution in [2.24, 2.45) is 11.8 Å². The molecule has 0 bridgehead atoms. The molecule has 3 rings (SSSR count). The number of anilines is 2. The number of hydrogen-bond acceptors (Lipinski definition) is 4. The van der Waals surface area contributed by atoms with Crippen LogP contribution in [0.1, 0.15) is 43.5 Å². The highest BCUT2D eigenvalue weighted by Crippen LogP contribution is 2.40. The Morgan fingerprint density at radius 3 is 2.65 bits per heavy atom. The molecule has 2 aliphatic rings. The Morgan fingerprint density at radius 2 is 2.06 bits per heavy atom. The predicted molar refractivity (Wildman–Crippen MR) is 68.9 cm³/mol. The average molecular weight is 232 g/mol. The van der Waals surface area contributed by atoms with Crippen LogP contribution in [0.25, 0.3) is 0 Å². The van der Waals surface area contributed by atoms with Crippen molar-refractivity contribution in [1.82, 2.24) is 9.97 Å². The summed E-state index contributed by atoms with van der Waals surface area (Å²) >= 11 is 0. The molecule has 0 saturated heterocycles. The molecule has 0 aromatic carbocycles. The largest absolute Gasteiger partial charge is 0.383 e. The molecule has 1 aromatic heterocycles. The van der Waals surface area contributed by atoms with Gasteiger partial charge in [-0.05, 0) is 38.0 Å². The van der Waals surface area contributed by atoms with Crippen LogP contribution in [0, 0.1) is 18.8 Å². The molecule has 3 N–H and O–H groups in total. The van der Waals surface area contributed by atoms with E-state index in [4.69, 9.17) is 5.73 Å². The van der Waals surface area contributed by atoms with Crippen LogP contribution in [0.4, 0.5) is 11.6 Å². The Balaban J connectivity index is 1.76. The lowest BCUT2D eigenvalue weighted by molar-refractivity contribution is 0.780. The molecule has 0 spiro atoms. The van der Waals surface area contributed by atoms with Gasteiger partial charge < -0.3 is 11.1 Å². The second-order valence-corrected chi connectivity index (χ2v) is 5.57. The van der Waals surface area contributed by atoms with Gasteiger partial charge in [-0.15, -0.1) is 0 Å². The summed E-state index contributed by atoms with van der Waals surface area (Å²) in [5, 5.41) is 3.44. The van der Waals surface area contributed by atoms with E-state index in [1.807, 2.05) is 6.92 Å². The van der Waals surface area contributed by atoms with E-state index in [0.717, 1.165) is 35.6 Å². The second kappa shape index (κ2) is 3.86. The van der Waals surface area contributed by atoms with Crippen LogP contribution in [0.5, 0.6) is 0 Å². The first-order chi connectivity index (χ1) is 8.15. The summed E-state index contributed by atoms with van der Waals surface area (Å²) in [7, 11) is 0. The minimum atomic E-state index is 0.554. The van der Waals surface area contributed by atoms with Crippen molar-refractivity contribution in [2.45, 2.75) is 39.0 Å². The second-order valence-electron chi connectivity index (χ2n) is 5.57. The molecule has 0 amide bonds. The first kappa shape index (κ1) is 10.8. The zero-order valence-corrected chi connectivity index (χ0v) is 10.5. The fourth-order valence-corrected chi connectivity index (χ4v) is 2.16. The van der Waals surface area contributed by atoms with Gasteiger partial charge >= 0.3 is 0 Å². The highest BCUT2D eigenvalue weighted by atomic mass is 15.1. The number of rotatable bonds is 4. The molecule has 0 aliphatic heterocycles. The summed E-state index contributed by atoms with van der Waals surface area (Å²) in [4.78, 5) is 9.00. The van der Waals surface area contributed by atoms with E-state index in [-0.39, 0.29) is 0 Å². The highest BCUT2D eigenvalue weighted by Gasteiger charge is 2.32. The first-order valence-electron chi connectivity index (χ1n) is 6.53. The fraction of sp³-hybridized carbons (Fsp3) is 0.692. The van der Waals surface area contributed by atoms with Gasteiger partial charge in [0.05, 0.1) is 0 Å². The predicted octanol–water partition coefficient (Wildman–Crippen LogP) is 2.31. The zero-order chi connectivity index (χ0) is 12.0. The molecular weight excluding hydrogens is 212 g/mol. The number of aromatic nitrogens is 2. The molecule has 1 heterocycles. The van der Waals surface area contributed by atoms with Crippen LogP contribution in [-0.4, -0.2) is 16.5 Å². The molecule has 4 heteroatoms. The van der Waals surface area contributed by atoms with Crippen molar-refractivity contribution in [2.75, 3.05) is 17.6 Å². The third-order valence-corrected chi connectivity index (χ3v) is 3.95. The van der Waals surface area contributed by atoms with Crippen molar-refractivity contribution in [3.8, 4) is 0 Å². The van der Waals surface area contributed by atoms with Gasteiger partial charge in [0.15, 0.2) is 0 Å². The molecule has 92 valence electrons. The van der Waals surface area contributed by atoms with Gasteiger partial charge in [-0.3, -0.25) is 0 Å². The van der Waals surface area contributed by atoms with Crippen molar-refractivity contribution in [3.63, 3.8) is 0 Å². The van der Waals surface area contributed by atoms with Crippen LogP contribution in [0.15, 0.2) is 0 Å². The van der Waals surface area contributed by atoms with Crippen LogP contribution in [0.3, 0.4) is 0 Å². The number of nitrogens with two attached hydrogens (primary N) is 1. The Bertz CT molecular complexity index is 439. The molecule has 2 fully saturated rings. The van der Waals surface area contributed by atoms with Gasteiger partial charge in [0, 0.05) is 18.0 Å². The maximum atomic E-state index is 5.95. The fourth-order valence-electron chi connectivity index (χ4n) is 2.16. The standard InChI is InChI=1S/C13H20N4/c1-7-5-10(7)6-15-12-8(2)11(14)16-13(17-12)9-3-4-9/h7,9-10H,3-6H2,1-2H3,(H3,14,15,16,17). The average Bonchev–Trinajstić information content (AvgIpc) is 3.16. The lowest BCUT2D eigenvalue weighted by Crippen LogP contribution is -2.11. The number of nitrogens with one attached hydrogen (secondary N) is 1. The summed E-state index contributed by atoms with van der Waals surface area (Å²) in [6.45, 7) is 5.30. The Kier molecular flexibility index (Phi) is 2.45. The third-order valence-electron chi connectivity index (χ3n) is 3.95. The molecular formula is C13H20N4. The van der Waals surface area contributed by atoms with Crippen LogP contribution < -0.4 is 11.1 Å². The Labute approximate surface area is 102 Å². The summed E-state index contributed by atoms with van der Waals surface area (Å²) < 4.78 is 0. The molecule has 2 aliphatic carbocycles. The van der Waals surface area contributed by atoms with Gasteiger partial charge in [0.25, 0.3) is 0 Å². The van der Waals surface area contributed by atoms with Gasteiger partial charge in [-0.2, -0.15) is 0 Å². The maximum Gasteiger partial charge on any atom is 0.136 e. The molecule has 2 unspecified atom stereocenters. The van der Waals surface area contributed by atoms with Crippen molar-refractivity contribution < 1.29 is 0 Å². The number of nitrogen functional groups attached to an aromatic ring is 1. The SMILES string of the molecule is Cc1c(N)nc(C2CC2)nc1NCC1CC1C. The van der Waals surface area contributed by atoms with E-state index in [1.54, 1.807) is 0 Å². The van der Waals surface area contributed by atoms with Crippen molar-refractivity contribution in [1.29, 1.82) is 0 Å². The summed E-state index contributed by atoms with van der Waals surface area (Å²) in [5.41, 5.74) is 6.93. The zero-order valence-electron chi connectivity index (χ0n) is 10.5. The molecule has 4 nitrogen and oxygen atoms in total. The van der Waals surface area contributed by atoms with Gasteiger partial charge in [0.1, 0.15) is 17.5 Å². The Morgan fingerprint density at radius 1 is 1.35 bits per heavy atom. The monoisotopic (exact) mass is 232 g/mol. The summed E-state index contributed by atoms with van der Waals surface area (Å²) in [6, 6.07) is 0. The summed E-state index contributed by atoms with van der Waals surface area (Å²) in [6.07, 6.45) is 3.76. The van der Waals surface area contributed by atoms with E-state index in [2.05, 4.69) is 22.2 Å². The minimum absolute atomic E-state index is 0.554. The first-order valence-corrected chi connectivity index (χ1v) is 6.53. The van der Waals surface area contributed by atoms with E-state index >= 15 is 0 Å². The van der Waals surface area contributed by atoms with E-state index in [9.17, 15) is 0 Å². The lowest BCUT2D eigenvalue weighted by atomic mass is 10.2. The minimum Gasteiger partial charge on any atom is -0.383 e. The van der Waals surface area contributed by atoms with Gasteiger partial charge in [-0.1, -0.05) is 6.92 Å². The highest BCUT2D eigenvalue weighted by molar-refractivity contribution is 5.55. The number of nitrogens with zero attached hydrogens (tertiary/aromatic N) is 2. The van der Waals surface area contributed by atoms with E-state index in [1.165, 1.54) is 19.3 Å². The van der Waals surface area contributed by atoms with Crippen LogP contribution >= 0.6 is 0 Å². The normalized spacial score (nSPS) is 26.9. The molecule has 1 aromatic rings. The van der Waals surface area contributed by atoms with Crippen LogP contribution in [-0.2, 0) is 0 Å². The third kappa shape index (κ3) is 2.21.